The summed E-state index contributed by atoms with van der Waals surface area (Å²) >= 11 is 0. The van der Waals surface area contributed by atoms with Crippen LogP contribution < -0.4 is 4.74 Å². The Morgan fingerprint density at radius 3 is 2.41 bits per heavy atom. The molecule has 0 aromatic heterocycles. The summed E-state index contributed by atoms with van der Waals surface area (Å²) < 4.78 is 6.09. The third kappa shape index (κ3) is 3.47. The Morgan fingerprint density at radius 2 is 1.79 bits per heavy atom. The maximum atomic E-state index is 10.4. The molecule has 1 aromatic carbocycles. The second-order valence-electron chi connectivity index (χ2n) is 7.97. The van der Waals surface area contributed by atoms with Crippen molar-refractivity contribution in [2.45, 2.75) is 50.4 Å². The molecule has 8 heteroatoms. The second kappa shape index (κ2) is 7.68. The van der Waals surface area contributed by atoms with Crippen molar-refractivity contribution in [3.8, 4) is 11.5 Å². The van der Waals surface area contributed by atoms with Crippen LogP contribution in [0, 0.1) is 5.92 Å². The number of ether oxygens (including phenoxy) is 1. The molecule has 2 heterocycles. The molecule has 1 fully saturated rings. The van der Waals surface area contributed by atoms with E-state index >= 15 is 0 Å². The molecule has 1 spiro atoms. The van der Waals surface area contributed by atoms with Crippen LogP contribution in [0.2, 0.25) is 0 Å². The van der Waals surface area contributed by atoms with E-state index in [0.29, 0.717) is 17.7 Å². The third-order valence-electron chi connectivity index (χ3n) is 6.15. The van der Waals surface area contributed by atoms with E-state index in [1.54, 1.807) is 6.07 Å². The van der Waals surface area contributed by atoms with Gasteiger partial charge in [0.2, 0.25) is 0 Å². The van der Waals surface area contributed by atoms with Crippen molar-refractivity contribution in [2.75, 3.05) is 13.6 Å². The highest BCUT2D eigenvalue weighted by Crippen LogP contribution is 2.62. The molecule has 4 aliphatic rings. The fraction of sp³-hybridized carbons (Fsp3) is 0.524. The van der Waals surface area contributed by atoms with Crippen molar-refractivity contribution in [3.05, 3.63) is 35.4 Å². The number of carboxylic acids is 2. The van der Waals surface area contributed by atoms with Gasteiger partial charge in [0.15, 0.2) is 11.5 Å². The number of benzene rings is 1. The first-order chi connectivity index (χ1) is 13.6. The van der Waals surface area contributed by atoms with Crippen molar-refractivity contribution in [2.24, 2.45) is 5.92 Å². The summed E-state index contributed by atoms with van der Waals surface area (Å²) in [5, 5.41) is 35.5. The van der Waals surface area contributed by atoms with Crippen LogP contribution in [-0.2, 0) is 21.4 Å². The topological polar surface area (TPSA) is 128 Å². The number of hydrogen-bond donors (Lipinski definition) is 4. The van der Waals surface area contributed by atoms with Gasteiger partial charge in [-0.3, -0.25) is 9.59 Å². The zero-order valence-electron chi connectivity index (χ0n) is 16.7. The molecule has 1 aromatic rings. The summed E-state index contributed by atoms with van der Waals surface area (Å²) in [5.74, 6) is -0.477. The van der Waals surface area contributed by atoms with E-state index in [9.17, 15) is 10.2 Å². The van der Waals surface area contributed by atoms with Crippen LogP contribution in [0.15, 0.2) is 24.3 Å². The molecule has 5 atom stereocenters. The number of aliphatic carboxylic acids is 2. The molecule has 8 nitrogen and oxygen atoms in total. The van der Waals surface area contributed by atoms with Crippen LogP contribution in [0.25, 0.3) is 0 Å². The molecule has 1 saturated heterocycles. The minimum atomic E-state index is -0.833. The first kappa shape index (κ1) is 21.1. The number of aliphatic hydroxyl groups excluding tert-OH is 1. The number of aromatic hydroxyl groups is 1. The Hall–Kier alpha value is -2.58. The van der Waals surface area contributed by atoms with Gasteiger partial charge in [-0.1, -0.05) is 18.2 Å². The molecule has 29 heavy (non-hydrogen) atoms. The predicted octanol–water partition coefficient (Wildman–Crippen LogP) is 1.38. The highest BCUT2D eigenvalue weighted by Gasteiger charge is 2.64. The van der Waals surface area contributed by atoms with Crippen LogP contribution in [-0.4, -0.2) is 69.1 Å². The van der Waals surface area contributed by atoms with Gasteiger partial charge in [0.25, 0.3) is 11.9 Å². The molecule has 0 amide bonds. The van der Waals surface area contributed by atoms with E-state index < -0.39 is 18.0 Å². The summed E-state index contributed by atoms with van der Waals surface area (Å²) in [5.41, 5.74) is 2.29. The first-order valence-electron chi connectivity index (χ1n) is 9.57. The van der Waals surface area contributed by atoms with E-state index in [2.05, 4.69) is 18.0 Å². The van der Waals surface area contributed by atoms with Gasteiger partial charge in [-0.25, -0.2) is 0 Å². The van der Waals surface area contributed by atoms with Crippen molar-refractivity contribution in [3.63, 3.8) is 0 Å². The van der Waals surface area contributed by atoms with Gasteiger partial charge >= 0.3 is 0 Å². The number of carboxylic acid groups (broad SMARTS) is 2. The quantitative estimate of drug-likeness (QED) is 0.477. The van der Waals surface area contributed by atoms with Crippen molar-refractivity contribution in [1.82, 2.24) is 4.90 Å². The van der Waals surface area contributed by atoms with E-state index in [0.717, 1.165) is 33.2 Å². The maximum absolute atomic E-state index is 10.4. The summed E-state index contributed by atoms with van der Waals surface area (Å²) in [7, 11) is 2.19. The second-order valence-corrected chi connectivity index (χ2v) is 7.97. The van der Waals surface area contributed by atoms with Gasteiger partial charge in [-0.2, -0.15) is 0 Å². The van der Waals surface area contributed by atoms with Gasteiger partial charge in [0, 0.05) is 36.8 Å². The van der Waals surface area contributed by atoms with Gasteiger partial charge in [0.1, 0.15) is 12.2 Å². The summed E-state index contributed by atoms with van der Waals surface area (Å²) in [4.78, 5) is 20.4. The molecule has 2 aliphatic carbocycles. The van der Waals surface area contributed by atoms with Crippen LogP contribution in [0.4, 0.5) is 0 Å². The molecule has 2 aliphatic heterocycles. The van der Waals surface area contributed by atoms with Crippen LogP contribution in [0.5, 0.6) is 11.5 Å². The number of likely N-dealkylation sites (N-methyl/N-ethyl adjacent to an activating group) is 1. The summed E-state index contributed by atoms with van der Waals surface area (Å²) in [6.07, 6.45) is 5.18. The third-order valence-corrected chi connectivity index (χ3v) is 6.15. The average Bonchev–Trinajstić information content (AvgIpc) is 2.97. The molecule has 158 valence electrons. The standard InChI is InChI=1S/C17H19NO3.2C2H4O2/c1-18-7-6-17-10-3-5-13(20)16(17)21-15-12(19)4-2-9(14(15)17)8-11(10)18;2*1-2(3)4/h2-5,10-11,13,16,19-20H,6-8H2,1H3;2*1H3,(H,3,4)/t10-,11+,13-,16-,17-;;/m0../s1. The first-order valence-corrected chi connectivity index (χ1v) is 9.57. The van der Waals surface area contributed by atoms with E-state index in [1.165, 1.54) is 11.1 Å². The molecule has 0 unspecified atom stereocenters. The van der Waals surface area contributed by atoms with Crippen molar-refractivity contribution < 1.29 is 34.8 Å². The van der Waals surface area contributed by atoms with Crippen LogP contribution in [0.1, 0.15) is 31.4 Å². The van der Waals surface area contributed by atoms with E-state index in [4.69, 9.17) is 24.5 Å². The molecule has 0 radical (unpaired) electrons. The number of aliphatic hydroxyl groups is 1. The Morgan fingerprint density at radius 1 is 1.17 bits per heavy atom. The number of phenolic OH excluding ortho intramolecular Hbond substituents is 1. The number of likely N-dealkylation sites (tertiary alicyclic amines) is 1. The Kier molecular flexibility index (Phi) is 5.60. The molecular formula is C21H27NO7. The highest BCUT2D eigenvalue weighted by atomic mass is 16.5. The number of rotatable bonds is 0. The van der Waals surface area contributed by atoms with Gasteiger partial charge in [0.05, 0.1) is 0 Å². The number of piperidine rings is 1. The molecule has 2 bridgehead atoms. The molecular weight excluding hydrogens is 378 g/mol. The predicted molar refractivity (Wildman–Crippen MR) is 104 cm³/mol. The molecule has 0 saturated carbocycles. The smallest absolute Gasteiger partial charge is 0.300 e. The lowest BCUT2D eigenvalue weighted by Crippen LogP contribution is -2.64. The van der Waals surface area contributed by atoms with Gasteiger partial charge < -0.3 is 30.1 Å². The monoisotopic (exact) mass is 405 g/mol. The summed E-state index contributed by atoms with van der Waals surface area (Å²) in [6, 6.07) is 4.23. The number of carbonyl (C=O) groups is 2. The Bertz CT molecular complexity index is 832. The maximum Gasteiger partial charge on any atom is 0.300 e. The lowest BCUT2D eigenvalue weighted by Gasteiger charge is -2.56. The molecule has 4 N–H and O–H groups in total. The van der Waals surface area contributed by atoms with Gasteiger partial charge in [-0.05, 0) is 38.1 Å². The highest BCUT2D eigenvalue weighted by molar-refractivity contribution is 5.63. The lowest BCUT2D eigenvalue weighted by atomic mass is 9.53. The Labute approximate surface area is 169 Å². The average molecular weight is 405 g/mol. The Balaban J connectivity index is 0.000000261. The minimum absolute atomic E-state index is 0.160. The van der Waals surface area contributed by atoms with E-state index in [1.807, 2.05) is 12.1 Å². The normalized spacial score (nSPS) is 32.6. The van der Waals surface area contributed by atoms with E-state index in [-0.39, 0.29) is 17.3 Å². The SMILES string of the molecule is CC(=O)O.CC(=O)O.CN1CC[C@]23c4c5ccc(O)c4O[C@H]2[C@@H](O)C=C[C@H]3[C@H]1C5. The van der Waals surface area contributed by atoms with Gasteiger partial charge in [-0.15, -0.1) is 0 Å². The van der Waals surface area contributed by atoms with Crippen LogP contribution in [0.3, 0.4) is 0 Å². The fourth-order valence-corrected chi connectivity index (χ4v) is 5.24. The largest absolute Gasteiger partial charge is 0.504 e. The lowest BCUT2D eigenvalue weighted by molar-refractivity contribution is -0.135. The summed E-state index contributed by atoms with van der Waals surface area (Å²) in [6.45, 7) is 3.18. The number of phenols is 1. The fourth-order valence-electron chi connectivity index (χ4n) is 5.24. The van der Waals surface area contributed by atoms with Crippen molar-refractivity contribution in [1.29, 1.82) is 0 Å². The van der Waals surface area contributed by atoms with Crippen molar-refractivity contribution >= 4 is 11.9 Å². The minimum Gasteiger partial charge on any atom is -0.504 e. The number of nitrogens with zero attached hydrogens (tertiary/aromatic N) is 1. The zero-order valence-corrected chi connectivity index (χ0v) is 16.7. The van der Waals surface area contributed by atoms with Crippen LogP contribution >= 0.6 is 0 Å². The number of hydrogen-bond acceptors (Lipinski definition) is 6. The molecule has 5 rings (SSSR count). The zero-order chi connectivity index (χ0) is 21.5.